The highest BCUT2D eigenvalue weighted by atomic mass is 16.5. The van der Waals surface area contributed by atoms with Gasteiger partial charge in [-0.3, -0.25) is 9.79 Å². The summed E-state index contributed by atoms with van der Waals surface area (Å²) in [6.45, 7) is 6.11. The molecule has 2 fully saturated rings. The zero-order valence-electron chi connectivity index (χ0n) is 14.9. The smallest absolute Gasteiger partial charge is 0.305 e. The standard InChI is InChI=1S/C18H33N3O2/c1-3-19-17(20-13-8-5-9-16(22)23-2)21-14-12-18(15-21)10-6-4-7-11-18/h3-15H2,1-2H3,(H,19,20). The Labute approximate surface area is 140 Å². The Morgan fingerprint density at radius 3 is 2.70 bits per heavy atom. The maximum Gasteiger partial charge on any atom is 0.305 e. The van der Waals surface area contributed by atoms with Crippen molar-refractivity contribution in [3.05, 3.63) is 0 Å². The number of methoxy groups -OCH3 is 1. The molecule has 1 heterocycles. The van der Waals surface area contributed by atoms with Gasteiger partial charge in [0.15, 0.2) is 5.96 Å². The highest BCUT2D eigenvalue weighted by Gasteiger charge is 2.39. The minimum atomic E-state index is -0.125. The molecule has 0 aromatic heterocycles. The zero-order valence-corrected chi connectivity index (χ0v) is 14.9. The zero-order chi connectivity index (χ0) is 16.5. The van der Waals surface area contributed by atoms with Crippen molar-refractivity contribution in [3.8, 4) is 0 Å². The predicted molar refractivity (Wildman–Crippen MR) is 93.6 cm³/mol. The van der Waals surface area contributed by atoms with Gasteiger partial charge in [-0.25, -0.2) is 0 Å². The number of ether oxygens (including phenoxy) is 1. The molecule has 2 aliphatic rings. The van der Waals surface area contributed by atoms with Crippen LogP contribution in [0.15, 0.2) is 4.99 Å². The Morgan fingerprint density at radius 1 is 1.22 bits per heavy atom. The number of nitrogens with one attached hydrogen (secondary N) is 1. The van der Waals surface area contributed by atoms with Crippen molar-refractivity contribution in [2.24, 2.45) is 10.4 Å². The number of guanidine groups is 1. The molecule has 23 heavy (non-hydrogen) atoms. The van der Waals surface area contributed by atoms with Crippen molar-refractivity contribution in [1.29, 1.82) is 0 Å². The van der Waals surface area contributed by atoms with Gasteiger partial charge >= 0.3 is 5.97 Å². The van der Waals surface area contributed by atoms with Crippen LogP contribution in [0.2, 0.25) is 0 Å². The Kier molecular flexibility index (Phi) is 7.18. The summed E-state index contributed by atoms with van der Waals surface area (Å²) in [4.78, 5) is 18.3. The van der Waals surface area contributed by atoms with Crippen LogP contribution in [-0.4, -0.2) is 50.1 Å². The summed E-state index contributed by atoms with van der Waals surface area (Å²) in [5, 5.41) is 3.44. The number of esters is 1. The molecule has 1 spiro atoms. The summed E-state index contributed by atoms with van der Waals surface area (Å²) >= 11 is 0. The van der Waals surface area contributed by atoms with E-state index in [4.69, 9.17) is 4.99 Å². The van der Waals surface area contributed by atoms with Crippen LogP contribution in [0.5, 0.6) is 0 Å². The monoisotopic (exact) mass is 323 g/mol. The van der Waals surface area contributed by atoms with E-state index in [-0.39, 0.29) is 5.97 Å². The molecule has 0 atom stereocenters. The van der Waals surface area contributed by atoms with E-state index in [0.717, 1.165) is 38.4 Å². The van der Waals surface area contributed by atoms with Gasteiger partial charge in [0.25, 0.3) is 0 Å². The van der Waals surface area contributed by atoms with Crippen LogP contribution in [0, 0.1) is 5.41 Å². The lowest BCUT2D eigenvalue weighted by atomic mass is 9.73. The summed E-state index contributed by atoms with van der Waals surface area (Å²) in [5.41, 5.74) is 0.555. The summed E-state index contributed by atoms with van der Waals surface area (Å²) in [5.74, 6) is 0.938. The van der Waals surface area contributed by atoms with Crippen molar-refractivity contribution < 1.29 is 9.53 Å². The summed E-state index contributed by atoms with van der Waals surface area (Å²) < 4.78 is 4.67. The van der Waals surface area contributed by atoms with Gasteiger partial charge in [-0.15, -0.1) is 0 Å². The Bertz CT molecular complexity index is 403. The van der Waals surface area contributed by atoms with E-state index in [2.05, 4.69) is 21.9 Å². The number of likely N-dealkylation sites (tertiary alicyclic amines) is 1. The SMILES string of the molecule is CCNC(=NCCCCC(=O)OC)N1CCC2(CCCCC2)C1. The quantitative estimate of drug-likeness (QED) is 0.353. The molecule has 5 heteroatoms. The van der Waals surface area contributed by atoms with E-state index in [9.17, 15) is 4.79 Å². The molecule has 0 bridgehead atoms. The summed E-state index contributed by atoms with van der Waals surface area (Å²) in [6.07, 6.45) is 10.6. The van der Waals surface area contributed by atoms with Crippen LogP contribution in [0.4, 0.5) is 0 Å². The molecule has 1 N–H and O–H groups in total. The second-order valence-electron chi connectivity index (χ2n) is 7.00. The fraction of sp³-hybridized carbons (Fsp3) is 0.889. The van der Waals surface area contributed by atoms with Crippen LogP contribution < -0.4 is 5.32 Å². The van der Waals surface area contributed by atoms with E-state index < -0.39 is 0 Å². The lowest BCUT2D eigenvalue weighted by Gasteiger charge is -2.33. The number of carbonyl (C=O) groups is 1. The number of rotatable bonds is 6. The molecule has 1 aliphatic carbocycles. The van der Waals surface area contributed by atoms with Crippen LogP contribution in [0.25, 0.3) is 0 Å². The van der Waals surface area contributed by atoms with Gasteiger partial charge in [0.05, 0.1) is 7.11 Å². The third-order valence-corrected chi connectivity index (χ3v) is 5.27. The van der Waals surface area contributed by atoms with E-state index in [0.29, 0.717) is 11.8 Å². The molecule has 1 aliphatic heterocycles. The molecule has 132 valence electrons. The first-order valence-electron chi connectivity index (χ1n) is 9.29. The van der Waals surface area contributed by atoms with Crippen LogP contribution >= 0.6 is 0 Å². The Balaban J connectivity index is 1.80. The Morgan fingerprint density at radius 2 is 2.00 bits per heavy atom. The highest BCUT2D eigenvalue weighted by molar-refractivity contribution is 5.80. The topological polar surface area (TPSA) is 53.9 Å². The summed E-state index contributed by atoms with van der Waals surface area (Å²) in [6, 6.07) is 0. The van der Waals surface area contributed by atoms with Crippen LogP contribution in [0.3, 0.4) is 0 Å². The third-order valence-electron chi connectivity index (χ3n) is 5.27. The average Bonchev–Trinajstić information content (AvgIpc) is 2.97. The van der Waals surface area contributed by atoms with Gasteiger partial charge in [0.1, 0.15) is 0 Å². The molecule has 0 aromatic carbocycles. The first kappa shape index (κ1) is 18.1. The van der Waals surface area contributed by atoms with Gasteiger partial charge in [-0.05, 0) is 44.4 Å². The van der Waals surface area contributed by atoms with Gasteiger partial charge < -0.3 is 15.0 Å². The number of hydrogen-bond donors (Lipinski definition) is 1. The van der Waals surface area contributed by atoms with Gasteiger partial charge in [-0.1, -0.05) is 19.3 Å². The van der Waals surface area contributed by atoms with Crippen molar-refractivity contribution in [1.82, 2.24) is 10.2 Å². The lowest BCUT2D eigenvalue weighted by Crippen LogP contribution is -2.41. The molecule has 0 amide bonds. The fourth-order valence-electron chi connectivity index (χ4n) is 3.92. The van der Waals surface area contributed by atoms with Crippen molar-refractivity contribution in [2.45, 2.75) is 64.7 Å². The normalized spacial score (nSPS) is 20.8. The average molecular weight is 323 g/mol. The van der Waals surface area contributed by atoms with Crippen LogP contribution in [0.1, 0.15) is 64.7 Å². The van der Waals surface area contributed by atoms with Crippen molar-refractivity contribution in [3.63, 3.8) is 0 Å². The summed E-state index contributed by atoms with van der Waals surface area (Å²) in [7, 11) is 1.44. The first-order valence-corrected chi connectivity index (χ1v) is 9.29. The highest BCUT2D eigenvalue weighted by Crippen LogP contribution is 2.43. The minimum absolute atomic E-state index is 0.125. The van der Waals surface area contributed by atoms with Crippen molar-refractivity contribution in [2.75, 3.05) is 33.3 Å². The first-order chi connectivity index (χ1) is 11.2. The van der Waals surface area contributed by atoms with E-state index in [1.807, 2.05) is 0 Å². The molecule has 0 aromatic rings. The van der Waals surface area contributed by atoms with Crippen molar-refractivity contribution >= 4 is 11.9 Å². The molecule has 0 unspecified atom stereocenters. The second kappa shape index (κ2) is 9.14. The second-order valence-corrected chi connectivity index (χ2v) is 7.00. The van der Waals surface area contributed by atoms with Gasteiger partial charge in [0.2, 0.25) is 0 Å². The maximum atomic E-state index is 11.1. The molecular weight excluding hydrogens is 290 g/mol. The van der Waals surface area contributed by atoms with E-state index >= 15 is 0 Å². The number of nitrogens with zero attached hydrogens (tertiary/aromatic N) is 2. The molecule has 1 saturated carbocycles. The predicted octanol–water partition coefficient (Wildman–Crippen LogP) is 2.95. The number of carbonyl (C=O) groups excluding carboxylic acids is 1. The Hall–Kier alpha value is -1.26. The molecule has 0 radical (unpaired) electrons. The minimum Gasteiger partial charge on any atom is -0.469 e. The largest absolute Gasteiger partial charge is 0.469 e. The number of unbranched alkanes of at least 4 members (excludes halogenated alkanes) is 1. The molecule has 2 rings (SSSR count). The lowest BCUT2D eigenvalue weighted by molar-refractivity contribution is -0.140. The maximum absolute atomic E-state index is 11.1. The fourth-order valence-corrected chi connectivity index (χ4v) is 3.92. The molecule has 1 saturated heterocycles. The molecule has 5 nitrogen and oxygen atoms in total. The van der Waals surface area contributed by atoms with E-state index in [1.165, 1.54) is 52.2 Å². The number of aliphatic imine (C=N–C) groups is 1. The third kappa shape index (κ3) is 5.40. The van der Waals surface area contributed by atoms with Crippen LogP contribution in [-0.2, 0) is 9.53 Å². The molecular formula is C18H33N3O2. The van der Waals surface area contributed by atoms with Gasteiger partial charge in [0, 0.05) is 32.6 Å². The number of hydrogen-bond acceptors (Lipinski definition) is 3. The van der Waals surface area contributed by atoms with Gasteiger partial charge in [-0.2, -0.15) is 0 Å². The van der Waals surface area contributed by atoms with E-state index in [1.54, 1.807) is 0 Å².